The first kappa shape index (κ1) is 8.77. The normalized spacial score (nSPS) is 24.8. The predicted octanol–water partition coefficient (Wildman–Crippen LogP) is 2.22. The quantitative estimate of drug-likeness (QED) is 0.733. The molecule has 1 aromatic carbocycles. The second-order valence-corrected chi connectivity index (χ2v) is 4.39. The molecule has 2 aliphatic rings. The van der Waals surface area contributed by atoms with Crippen LogP contribution in [0.2, 0.25) is 0 Å². The van der Waals surface area contributed by atoms with Gasteiger partial charge in [0.15, 0.2) is 0 Å². The van der Waals surface area contributed by atoms with Gasteiger partial charge >= 0.3 is 0 Å². The highest BCUT2D eigenvalue weighted by atomic mass is 16.1. The third kappa shape index (κ3) is 1.69. The van der Waals surface area contributed by atoms with Crippen LogP contribution in [0.25, 0.3) is 0 Å². The molecule has 0 bridgehead atoms. The van der Waals surface area contributed by atoms with Gasteiger partial charge < -0.3 is 10.6 Å². The van der Waals surface area contributed by atoms with E-state index in [0.29, 0.717) is 18.4 Å². The zero-order valence-corrected chi connectivity index (χ0v) is 8.49. The van der Waals surface area contributed by atoms with E-state index in [0.717, 1.165) is 11.4 Å². The van der Waals surface area contributed by atoms with Gasteiger partial charge in [-0.15, -0.1) is 0 Å². The molecular formula is C12H14N2O. The average Bonchev–Trinajstić information content (AvgIpc) is 3.02. The van der Waals surface area contributed by atoms with Crippen LogP contribution in [0.15, 0.2) is 24.3 Å². The number of anilines is 2. The maximum atomic E-state index is 11.6. The van der Waals surface area contributed by atoms with Crippen molar-refractivity contribution in [2.75, 3.05) is 10.6 Å². The predicted molar refractivity (Wildman–Crippen MR) is 59.8 cm³/mol. The van der Waals surface area contributed by atoms with Crippen molar-refractivity contribution in [3.05, 3.63) is 24.3 Å². The molecule has 1 heterocycles. The zero-order valence-electron chi connectivity index (χ0n) is 8.49. The number of carbonyl (C=O) groups excluding carboxylic acids is 1. The van der Waals surface area contributed by atoms with Gasteiger partial charge in [0, 0.05) is 12.5 Å². The maximum Gasteiger partial charge on any atom is 0.226 e. The summed E-state index contributed by atoms with van der Waals surface area (Å²) in [5, 5.41) is 6.40. The van der Waals surface area contributed by atoms with Gasteiger partial charge in [-0.2, -0.15) is 0 Å². The molecule has 1 saturated carbocycles. The van der Waals surface area contributed by atoms with Crippen molar-refractivity contribution in [1.29, 1.82) is 0 Å². The number of rotatable bonds is 1. The van der Waals surface area contributed by atoms with E-state index in [4.69, 9.17) is 0 Å². The summed E-state index contributed by atoms with van der Waals surface area (Å²) in [6, 6.07) is 8.23. The molecule has 1 atom stereocenters. The van der Waals surface area contributed by atoms with Gasteiger partial charge in [0.25, 0.3) is 0 Å². The summed E-state index contributed by atoms with van der Waals surface area (Å²) in [6.45, 7) is 0. The van der Waals surface area contributed by atoms with Crippen LogP contribution in [0.4, 0.5) is 11.4 Å². The van der Waals surface area contributed by atoms with Crippen molar-refractivity contribution >= 4 is 17.3 Å². The average molecular weight is 202 g/mol. The molecule has 0 unspecified atom stereocenters. The Morgan fingerprint density at radius 2 is 1.87 bits per heavy atom. The Bertz CT molecular complexity index is 398. The summed E-state index contributed by atoms with van der Waals surface area (Å²) in [5.41, 5.74) is 1.96. The highest BCUT2D eigenvalue weighted by molar-refractivity contribution is 5.96. The highest BCUT2D eigenvalue weighted by Crippen LogP contribution is 2.38. The topological polar surface area (TPSA) is 41.1 Å². The number of nitrogens with one attached hydrogen (secondary N) is 2. The monoisotopic (exact) mass is 202 g/mol. The molecule has 0 aromatic heterocycles. The fourth-order valence-electron chi connectivity index (χ4n) is 2.15. The summed E-state index contributed by atoms with van der Waals surface area (Å²) in [5.74, 6) is 0.825. The molecule has 1 amide bonds. The second-order valence-electron chi connectivity index (χ2n) is 4.39. The van der Waals surface area contributed by atoms with E-state index in [1.807, 2.05) is 24.3 Å². The summed E-state index contributed by atoms with van der Waals surface area (Å²) >= 11 is 0. The number of amides is 1. The van der Waals surface area contributed by atoms with E-state index in [9.17, 15) is 4.79 Å². The minimum absolute atomic E-state index is 0.129. The molecule has 3 heteroatoms. The van der Waals surface area contributed by atoms with E-state index in [1.165, 1.54) is 12.8 Å². The molecule has 3 nitrogen and oxygen atoms in total. The molecule has 0 radical (unpaired) electrons. The van der Waals surface area contributed by atoms with Gasteiger partial charge in [0.1, 0.15) is 0 Å². The molecule has 2 N–H and O–H groups in total. The molecule has 1 aromatic rings. The Morgan fingerprint density at radius 3 is 2.60 bits per heavy atom. The first-order chi connectivity index (χ1) is 7.33. The van der Waals surface area contributed by atoms with Crippen molar-refractivity contribution in [2.45, 2.75) is 25.3 Å². The largest absolute Gasteiger partial charge is 0.380 e. The van der Waals surface area contributed by atoms with Crippen molar-refractivity contribution in [3.63, 3.8) is 0 Å². The molecule has 15 heavy (non-hydrogen) atoms. The molecule has 1 fully saturated rings. The van der Waals surface area contributed by atoms with E-state index in [1.54, 1.807) is 0 Å². The smallest absolute Gasteiger partial charge is 0.226 e. The Balaban J connectivity index is 1.93. The number of fused-ring (bicyclic) bond motifs is 1. The minimum atomic E-state index is 0.129. The van der Waals surface area contributed by atoms with Crippen LogP contribution in [0.5, 0.6) is 0 Å². The molecule has 0 spiro atoms. The standard InChI is InChI=1S/C12H14N2O/c15-12-7-11(8-5-6-8)13-9-3-1-2-4-10(9)14-12/h1-4,8,11,13H,5-7H2,(H,14,15)/t11-/m1/s1. The fraction of sp³-hybridized carbons (Fsp3) is 0.417. The van der Waals surface area contributed by atoms with Crippen molar-refractivity contribution in [1.82, 2.24) is 0 Å². The van der Waals surface area contributed by atoms with Crippen LogP contribution in [-0.4, -0.2) is 11.9 Å². The lowest BCUT2D eigenvalue weighted by Gasteiger charge is -2.15. The first-order valence-electron chi connectivity index (χ1n) is 5.48. The van der Waals surface area contributed by atoms with E-state index < -0.39 is 0 Å². The van der Waals surface area contributed by atoms with Crippen LogP contribution >= 0.6 is 0 Å². The number of hydrogen-bond acceptors (Lipinski definition) is 2. The van der Waals surface area contributed by atoms with Gasteiger partial charge in [-0.05, 0) is 30.9 Å². The van der Waals surface area contributed by atoms with E-state index in [-0.39, 0.29) is 5.91 Å². The number of carbonyl (C=O) groups is 1. The molecule has 1 aliphatic carbocycles. The number of hydrogen-bond donors (Lipinski definition) is 2. The fourth-order valence-corrected chi connectivity index (χ4v) is 2.15. The first-order valence-corrected chi connectivity index (χ1v) is 5.48. The lowest BCUT2D eigenvalue weighted by Crippen LogP contribution is -2.24. The minimum Gasteiger partial charge on any atom is -0.380 e. The van der Waals surface area contributed by atoms with Gasteiger partial charge in [-0.25, -0.2) is 0 Å². The van der Waals surface area contributed by atoms with E-state index >= 15 is 0 Å². The van der Waals surface area contributed by atoms with Gasteiger partial charge in [0.2, 0.25) is 5.91 Å². The van der Waals surface area contributed by atoms with Crippen molar-refractivity contribution in [2.24, 2.45) is 5.92 Å². The van der Waals surface area contributed by atoms with Gasteiger partial charge in [-0.3, -0.25) is 4.79 Å². The Kier molecular flexibility index (Phi) is 1.91. The van der Waals surface area contributed by atoms with Crippen LogP contribution in [0.3, 0.4) is 0 Å². The van der Waals surface area contributed by atoms with Crippen LogP contribution in [0, 0.1) is 5.92 Å². The molecule has 3 rings (SSSR count). The van der Waals surface area contributed by atoms with Gasteiger partial charge in [-0.1, -0.05) is 12.1 Å². The third-order valence-electron chi connectivity index (χ3n) is 3.14. The second kappa shape index (κ2) is 3.26. The zero-order chi connectivity index (χ0) is 10.3. The lowest BCUT2D eigenvalue weighted by atomic mass is 10.1. The molecule has 78 valence electrons. The Morgan fingerprint density at radius 1 is 1.13 bits per heavy atom. The van der Waals surface area contributed by atoms with Crippen LogP contribution < -0.4 is 10.6 Å². The summed E-state index contributed by atoms with van der Waals surface area (Å²) in [7, 11) is 0. The summed E-state index contributed by atoms with van der Waals surface area (Å²) < 4.78 is 0. The van der Waals surface area contributed by atoms with E-state index in [2.05, 4.69) is 10.6 Å². The molecular weight excluding hydrogens is 188 g/mol. The van der Waals surface area contributed by atoms with Crippen molar-refractivity contribution < 1.29 is 4.79 Å². The summed E-state index contributed by atoms with van der Waals surface area (Å²) in [6.07, 6.45) is 3.11. The lowest BCUT2D eigenvalue weighted by molar-refractivity contribution is -0.116. The third-order valence-corrected chi connectivity index (χ3v) is 3.14. The number of para-hydroxylation sites is 2. The van der Waals surface area contributed by atoms with Gasteiger partial charge in [0.05, 0.1) is 11.4 Å². The highest BCUT2D eigenvalue weighted by Gasteiger charge is 2.34. The molecule has 1 aliphatic heterocycles. The van der Waals surface area contributed by atoms with Crippen LogP contribution in [0.1, 0.15) is 19.3 Å². The summed E-state index contributed by atoms with van der Waals surface area (Å²) in [4.78, 5) is 11.6. The molecule has 0 saturated heterocycles. The maximum absolute atomic E-state index is 11.6. The SMILES string of the molecule is O=C1C[C@H](C2CC2)Nc2ccccc2N1. The van der Waals surface area contributed by atoms with Crippen LogP contribution in [-0.2, 0) is 4.79 Å². The van der Waals surface area contributed by atoms with Crippen molar-refractivity contribution in [3.8, 4) is 0 Å². The number of benzene rings is 1. The Hall–Kier alpha value is -1.51. The Labute approximate surface area is 88.9 Å².